The third-order valence-electron chi connectivity index (χ3n) is 2.85. The first-order valence-electron chi connectivity index (χ1n) is 6.27. The molecule has 0 aliphatic rings. The summed E-state index contributed by atoms with van der Waals surface area (Å²) in [6.45, 7) is 0. The molecule has 0 radical (unpaired) electrons. The lowest BCUT2D eigenvalue weighted by Gasteiger charge is -2.12. The molecule has 7 nitrogen and oxygen atoms in total. The van der Waals surface area contributed by atoms with Crippen molar-refractivity contribution in [2.75, 3.05) is 18.9 Å². The van der Waals surface area contributed by atoms with Crippen LogP contribution in [0.1, 0.15) is 10.4 Å². The van der Waals surface area contributed by atoms with E-state index in [2.05, 4.69) is 30.4 Å². The average Bonchev–Trinajstić information content (AvgIpc) is 2.54. The van der Waals surface area contributed by atoms with Crippen molar-refractivity contribution in [3.63, 3.8) is 0 Å². The molecule has 0 fully saturated rings. The Morgan fingerprint density at radius 2 is 1.96 bits per heavy atom. The van der Waals surface area contributed by atoms with Crippen LogP contribution < -0.4 is 9.46 Å². The Morgan fingerprint density at radius 3 is 2.61 bits per heavy atom. The summed E-state index contributed by atoms with van der Waals surface area (Å²) in [6, 6.07) is 6.08. The van der Waals surface area contributed by atoms with Gasteiger partial charge in [-0.05, 0) is 24.3 Å². The number of carbonyl (C=O) groups excluding carboxylic acids is 1. The van der Waals surface area contributed by atoms with Gasteiger partial charge in [0.25, 0.3) is 10.0 Å². The predicted molar refractivity (Wildman–Crippen MR) is 87.1 cm³/mol. The molecule has 1 aromatic carbocycles. The first kappa shape index (κ1) is 17.2. The summed E-state index contributed by atoms with van der Waals surface area (Å²) >= 11 is 3.27. The highest BCUT2D eigenvalue weighted by molar-refractivity contribution is 9.10. The number of carbonyl (C=O) groups is 1. The molecule has 9 heteroatoms. The van der Waals surface area contributed by atoms with Crippen molar-refractivity contribution in [3.05, 3.63) is 46.7 Å². The molecule has 0 saturated heterocycles. The second kappa shape index (κ2) is 6.97. The van der Waals surface area contributed by atoms with Crippen LogP contribution in [0.5, 0.6) is 5.75 Å². The van der Waals surface area contributed by atoms with Crippen molar-refractivity contribution in [2.24, 2.45) is 0 Å². The predicted octanol–water partition coefficient (Wildman–Crippen LogP) is 2.44. The summed E-state index contributed by atoms with van der Waals surface area (Å²) in [5.41, 5.74) is 0.293. The van der Waals surface area contributed by atoms with Crippen molar-refractivity contribution in [1.82, 2.24) is 4.98 Å². The summed E-state index contributed by atoms with van der Waals surface area (Å²) < 4.78 is 37.7. The number of halogens is 1. The van der Waals surface area contributed by atoms with Gasteiger partial charge in [0.1, 0.15) is 10.6 Å². The van der Waals surface area contributed by atoms with Crippen molar-refractivity contribution in [1.29, 1.82) is 0 Å². The largest absolute Gasteiger partial charge is 0.495 e. The third-order valence-corrected chi connectivity index (χ3v) is 4.68. The fourth-order valence-electron chi connectivity index (χ4n) is 1.76. The summed E-state index contributed by atoms with van der Waals surface area (Å²) in [5, 5.41) is 0. The standard InChI is InChI=1S/C14H13BrN2O5S/c1-21-13-4-3-10(15)6-12(13)17-23(19,20)11-5-9(7-16-8-11)14(18)22-2/h3-8,17H,1-2H3. The maximum atomic E-state index is 12.5. The van der Waals surface area contributed by atoms with E-state index in [0.29, 0.717) is 10.2 Å². The van der Waals surface area contributed by atoms with Crippen molar-refractivity contribution in [2.45, 2.75) is 4.90 Å². The topological polar surface area (TPSA) is 94.6 Å². The number of ether oxygens (including phenoxy) is 2. The van der Waals surface area contributed by atoms with Crippen molar-refractivity contribution < 1.29 is 22.7 Å². The molecule has 0 saturated carbocycles. The van der Waals surface area contributed by atoms with Crippen molar-refractivity contribution >= 4 is 37.6 Å². The number of sulfonamides is 1. The van der Waals surface area contributed by atoms with Gasteiger partial charge in [0.2, 0.25) is 0 Å². The van der Waals surface area contributed by atoms with Gasteiger partial charge in [-0.15, -0.1) is 0 Å². The van der Waals surface area contributed by atoms with Crippen LogP contribution in [0.15, 0.2) is 46.0 Å². The number of aromatic nitrogens is 1. The van der Waals surface area contributed by atoms with Crippen LogP contribution in [0.25, 0.3) is 0 Å². The lowest BCUT2D eigenvalue weighted by molar-refractivity contribution is 0.0600. The first-order valence-corrected chi connectivity index (χ1v) is 8.54. The molecule has 1 heterocycles. The molecule has 23 heavy (non-hydrogen) atoms. The molecule has 2 aromatic rings. The molecular weight excluding hydrogens is 388 g/mol. The maximum absolute atomic E-state index is 12.5. The van der Waals surface area contributed by atoms with Crippen LogP contribution in [0.2, 0.25) is 0 Å². The van der Waals surface area contributed by atoms with E-state index in [0.717, 1.165) is 6.20 Å². The van der Waals surface area contributed by atoms with E-state index in [1.165, 1.54) is 26.5 Å². The lowest BCUT2D eigenvalue weighted by atomic mass is 10.3. The molecule has 122 valence electrons. The zero-order valence-corrected chi connectivity index (χ0v) is 14.6. The molecule has 2 rings (SSSR count). The summed E-state index contributed by atoms with van der Waals surface area (Å²) in [5.74, 6) is -0.316. The summed E-state index contributed by atoms with van der Waals surface area (Å²) in [4.78, 5) is 15.1. The Labute approximate surface area is 141 Å². The molecule has 0 aliphatic carbocycles. The molecule has 0 spiro atoms. The van der Waals surface area contributed by atoms with Gasteiger partial charge in [0.05, 0.1) is 25.5 Å². The van der Waals surface area contributed by atoms with E-state index in [1.807, 2.05) is 0 Å². The highest BCUT2D eigenvalue weighted by Gasteiger charge is 2.19. The Kier molecular flexibility index (Phi) is 5.22. The minimum atomic E-state index is -3.95. The van der Waals surface area contributed by atoms with Gasteiger partial charge in [0, 0.05) is 16.9 Å². The van der Waals surface area contributed by atoms with Crippen LogP contribution in [0.4, 0.5) is 5.69 Å². The smallest absolute Gasteiger partial charge is 0.339 e. The van der Waals surface area contributed by atoms with Gasteiger partial charge in [-0.3, -0.25) is 9.71 Å². The quantitative estimate of drug-likeness (QED) is 0.774. The van der Waals surface area contributed by atoms with Crippen molar-refractivity contribution in [3.8, 4) is 5.75 Å². The SMILES string of the molecule is COC(=O)c1cncc(S(=O)(=O)Nc2cc(Br)ccc2OC)c1. The number of methoxy groups -OCH3 is 2. The van der Waals surface area contributed by atoms with Crippen LogP contribution in [-0.2, 0) is 14.8 Å². The van der Waals surface area contributed by atoms with Gasteiger partial charge in [-0.2, -0.15) is 0 Å². The number of anilines is 1. The number of benzene rings is 1. The second-order valence-electron chi connectivity index (χ2n) is 4.35. The number of nitrogens with one attached hydrogen (secondary N) is 1. The number of rotatable bonds is 5. The molecule has 1 aromatic heterocycles. The number of hydrogen-bond donors (Lipinski definition) is 1. The van der Waals surface area contributed by atoms with E-state index in [-0.39, 0.29) is 16.1 Å². The highest BCUT2D eigenvalue weighted by Crippen LogP contribution is 2.30. The average molecular weight is 401 g/mol. The Hall–Kier alpha value is -2.13. The van der Waals surface area contributed by atoms with Gasteiger partial charge >= 0.3 is 5.97 Å². The lowest BCUT2D eigenvalue weighted by Crippen LogP contribution is -2.15. The molecular formula is C14H13BrN2O5S. The van der Waals surface area contributed by atoms with Gasteiger partial charge in [-0.1, -0.05) is 15.9 Å². The van der Waals surface area contributed by atoms with Crippen LogP contribution in [-0.4, -0.2) is 33.6 Å². The molecule has 1 N–H and O–H groups in total. The highest BCUT2D eigenvalue weighted by atomic mass is 79.9. The normalized spacial score (nSPS) is 10.9. The van der Waals surface area contributed by atoms with E-state index in [1.54, 1.807) is 18.2 Å². The van der Waals surface area contributed by atoms with Gasteiger partial charge in [0.15, 0.2) is 0 Å². The van der Waals surface area contributed by atoms with Gasteiger partial charge < -0.3 is 9.47 Å². The summed E-state index contributed by atoms with van der Waals surface area (Å²) in [6.07, 6.45) is 2.36. The number of pyridine rings is 1. The minimum absolute atomic E-state index is 0.0385. The number of nitrogens with zero attached hydrogens (tertiary/aromatic N) is 1. The Bertz CT molecular complexity index is 839. The van der Waals surface area contributed by atoms with E-state index in [9.17, 15) is 13.2 Å². The third kappa shape index (κ3) is 3.99. The fraction of sp³-hybridized carbons (Fsp3) is 0.143. The molecule has 0 amide bonds. The first-order chi connectivity index (χ1) is 10.9. The second-order valence-corrected chi connectivity index (χ2v) is 6.95. The summed E-state index contributed by atoms with van der Waals surface area (Å²) in [7, 11) is -1.31. The maximum Gasteiger partial charge on any atom is 0.339 e. The molecule has 0 aliphatic heterocycles. The molecule has 0 unspecified atom stereocenters. The minimum Gasteiger partial charge on any atom is -0.495 e. The van der Waals surface area contributed by atoms with Crippen LogP contribution >= 0.6 is 15.9 Å². The van der Waals surface area contributed by atoms with E-state index in [4.69, 9.17) is 4.74 Å². The van der Waals surface area contributed by atoms with E-state index >= 15 is 0 Å². The molecule has 0 atom stereocenters. The molecule has 0 bridgehead atoms. The zero-order chi connectivity index (χ0) is 17.0. The van der Waals surface area contributed by atoms with E-state index < -0.39 is 16.0 Å². The van der Waals surface area contributed by atoms with Crippen LogP contribution in [0, 0.1) is 0 Å². The number of hydrogen-bond acceptors (Lipinski definition) is 6. The fourth-order valence-corrected chi connectivity index (χ4v) is 3.17. The van der Waals surface area contributed by atoms with Crippen LogP contribution in [0.3, 0.4) is 0 Å². The number of esters is 1. The Balaban J connectivity index is 2.40. The Morgan fingerprint density at radius 1 is 1.22 bits per heavy atom. The monoisotopic (exact) mass is 400 g/mol. The zero-order valence-electron chi connectivity index (χ0n) is 12.2. The van der Waals surface area contributed by atoms with Gasteiger partial charge in [-0.25, -0.2) is 13.2 Å².